The van der Waals surface area contributed by atoms with Gasteiger partial charge in [0.2, 0.25) is 10.0 Å². The first-order valence-electron chi connectivity index (χ1n) is 6.18. The maximum absolute atomic E-state index is 11.6. The smallest absolute Gasteiger partial charge is 0.211 e. The Morgan fingerprint density at radius 2 is 2.06 bits per heavy atom. The largest absolute Gasteiger partial charge is 0.377 e. The van der Waals surface area contributed by atoms with Gasteiger partial charge in [-0.1, -0.05) is 19.8 Å². The van der Waals surface area contributed by atoms with Crippen LogP contribution in [0.1, 0.15) is 32.6 Å². The molecule has 0 aromatic heterocycles. The molecule has 1 unspecified atom stereocenters. The predicted octanol–water partition coefficient (Wildman–Crippen LogP) is 1.74. The van der Waals surface area contributed by atoms with Gasteiger partial charge in [0.1, 0.15) is 0 Å². The maximum Gasteiger partial charge on any atom is 0.211 e. The average Bonchev–Trinajstić information content (AvgIpc) is 2.76. The molecule has 0 amide bonds. The van der Waals surface area contributed by atoms with Crippen molar-refractivity contribution in [3.05, 3.63) is 0 Å². The summed E-state index contributed by atoms with van der Waals surface area (Å²) in [4.78, 5) is 0. The number of nitrogens with one attached hydrogen (secondary N) is 1. The van der Waals surface area contributed by atoms with E-state index in [9.17, 15) is 8.42 Å². The van der Waals surface area contributed by atoms with E-state index in [1.54, 1.807) is 0 Å². The van der Waals surface area contributed by atoms with Crippen LogP contribution in [0.4, 0.5) is 0 Å². The molecular weight excluding hydrogens is 262 g/mol. The number of halogens is 1. The fraction of sp³-hybridized carbons (Fsp3) is 1.00. The van der Waals surface area contributed by atoms with Crippen LogP contribution in [0.5, 0.6) is 0 Å². The Balaban J connectivity index is 2.12. The fourth-order valence-corrected chi connectivity index (χ4v) is 3.57. The molecule has 0 aromatic rings. The van der Waals surface area contributed by atoms with Gasteiger partial charge in [0.05, 0.1) is 18.5 Å². The van der Waals surface area contributed by atoms with Crippen molar-refractivity contribution in [2.45, 2.75) is 38.7 Å². The molecule has 17 heavy (non-hydrogen) atoms. The van der Waals surface area contributed by atoms with Crippen molar-refractivity contribution >= 4 is 21.6 Å². The average molecular weight is 284 g/mol. The van der Waals surface area contributed by atoms with Gasteiger partial charge in [0.15, 0.2) is 0 Å². The summed E-state index contributed by atoms with van der Waals surface area (Å²) in [5.74, 6) is 0.421. The molecule has 1 N–H and O–H groups in total. The van der Waals surface area contributed by atoms with Crippen LogP contribution in [0, 0.1) is 5.92 Å². The molecule has 0 bridgehead atoms. The maximum atomic E-state index is 11.6. The van der Waals surface area contributed by atoms with Crippen LogP contribution >= 0.6 is 11.6 Å². The van der Waals surface area contributed by atoms with E-state index in [4.69, 9.17) is 16.3 Å². The highest BCUT2D eigenvalue weighted by molar-refractivity contribution is 7.89. The first-order valence-corrected chi connectivity index (χ1v) is 8.37. The standard InChI is InChI=1S/C11H22ClNO3S/c1-10(8-12)9-17(14,15)13-6-7-16-11-4-2-3-5-11/h10-11,13H,2-9H2,1H3. The van der Waals surface area contributed by atoms with Crippen LogP contribution in [-0.4, -0.2) is 39.3 Å². The highest BCUT2D eigenvalue weighted by Gasteiger charge is 2.17. The molecule has 0 spiro atoms. The molecule has 0 heterocycles. The summed E-state index contributed by atoms with van der Waals surface area (Å²) in [7, 11) is -3.20. The van der Waals surface area contributed by atoms with Crippen molar-refractivity contribution in [1.82, 2.24) is 4.72 Å². The molecule has 1 atom stereocenters. The van der Waals surface area contributed by atoms with Crippen molar-refractivity contribution in [3.8, 4) is 0 Å². The second-order valence-corrected chi connectivity index (χ2v) is 6.87. The monoisotopic (exact) mass is 283 g/mol. The lowest BCUT2D eigenvalue weighted by Crippen LogP contribution is -2.32. The van der Waals surface area contributed by atoms with E-state index in [0.29, 0.717) is 25.1 Å². The number of ether oxygens (including phenoxy) is 1. The molecule has 6 heteroatoms. The van der Waals surface area contributed by atoms with E-state index < -0.39 is 10.0 Å². The Labute approximate surface area is 109 Å². The second-order valence-electron chi connectivity index (χ2n) is 4.71. The zero-order valence-corrected chi connectivity index (χ0v) is 11.9. The molecule has 1 aliphatic carbocycles. The zero-order chi connectivity index (χ0) is 12.7. The van der Waals surface area contributed by atoms with Gasteiger partial charge >= 0.3 is 0 Å². The van der Waals surface area contributed by atoms with Gasteiger partial charge in [-0.05, 0) is 18.8 Å². The van der Waals surface area contributed by atoms with E-state index in [2.05, 4.69) is 4.72 Å². The number of hydrogen-bond acceptors (Lipinski definition) is 3. The molecule has 102 valence electrons. The summed E-state index contributed by atoms with van der Waals surface area (Å²) in [5, 5.41) is 0. The summed E-state index contributed by atoms with van der Waals surface area (Å²) in [6.07, 6.45) is 5.00. The normalized spacial score (nSPS) is 19.6. The van der Waals surface area contributed by atoms with Crippen molar-refractivity contribution in [3.63, 3.8) is 0 Å². The Hall–Kier alpha value is 0.160. The summed E-state index contributed by atoms with van der Waals surface area (Å²) < 4.78 is 31.3. The molecule has 1 saturated carbocycles. The van der Waals surface area contributed by atoms with Gasteiger partial charge in [-0.15, -0.1) is 11.6 Å². The fourth-order valence-electron chi connectivity index (χ4n) is 1.96. The van der Waals surface area contributed by atoms with Crippen molar-refractivity contribution in [2.75, 3.05) is 24.8 Å². The minimum atomic E-state index is -3.20. The Kier molecular flexibility index (Phi) is 6.77. The predicted molar refractivity (Wildman–Crippen MR) is 69.9 cm³/mol. The topological polar surface area (TPSA) is 55.4 Å². The third kappa shape index (κ3) is 6.60. The molecule has 0 aromatic carbocycles. The highest BCUT2D eigenvalue weighted by Crippen LogP contribution is 2.20. The third-order valence-corrected chi connectivity index (χ3v) is 5.03. The lowest BCUT2D eigenvalue weighted by atomic mass is 10.3. The van der Waals surface area contributed by atoms with Gasteiger partial charge in [-0.2, -0.15) is 0 Å². The van der Waals surface area contributed by atoms with E-state index in [0.717, 1.165) is 12.8 Å². The third-order valence-electron chi connectivity index (χ3n) is 2.85. The van der Waals surface area contributed by atoms with Crippen molar-refractivity contribution in [1.29, 1.82) is 0 Å². The first-order chi connectivity index (χ1) is 8.03. The number of hydrogen-bond donors (Lipinski definition) is 1. The van der Waals surface area contributed by atoms with Crippen LogP contribution in [0.15, 0.2) is 0 Å². The molecule has 1 fully saturated rings. The van der Waals surface area contributed by atoms with Crippen molar-refractivity contribution < 1.29 is 13.2 Å². The number of sulfonamides is 1. The molecule has 1 aliphatic rings. The first kappa shape index (κ1) is 15.2. The minimum Gasteiger partial charge on any atom is -0.377 e. The molecular formula is C11H22ClNO3S. The van der Waals surface area contributed by atoms with Gasteiger partial charge in [-0.25, -0.2) is 13.1 Å². The van der Waals surface area contributed by atoms with Gasteiger partial charge in [0, 0.05) is 12.4 Å². The summed E-state index contributed by atoms with van der Waals surface area (Å²) in [5.41, 5.74) is 0. The minimum absolute atomic E-state index is 0.0232. The Morgan fingerprint density at radius 3 is 2.65 bits per heavy atom. The van der Waals surface area contributed by atoms with E-state index in [1.807, 2.05) is 6.92 Å². The molecule has 0 radical (unpaired) electrons. The van der Waals surface area contributed by atoms with E-state index >= 15 is 0 Å². The van der Waals surface area contributed by atoms with Crippen LogP contribution in [0.2, 0.25) is 0 Å². The van der Waals surface area contributed by atoms with Crippen molar-refractivity contribution in [2.24, 2.45) is 5.92 Å². The van der Waals surface area contributed by atoms with Crippen LogP contribution < -0.4 is 4.72 Å². The summed E-state index contributed by atoms with van der Waals surface area (Å²) >= 11 is 5.59. The van der Waals surface area contributed by atoms with Crippen LogP contribution in [-0.2, 0) is 14.8 Å². The quantitative estimate of drug-likeness (QED) is 0.545. The van der Waals surface area contributed by atoms with E-state index in [-0.39, 0.29) is 11.7 Å². The lowest BCUT2D eigenvalue weighted by molar-refractivity contribution is 0.0626. The number of rotatable bonds is 8. The molecule has 0 saturated heterocycles. The second kappa shape index (κ2) is 7.56. The SMILES string of the molecule is CC(CCl)CS(=O)(=O)NCCOC1CCCC1. The summed E-state index contributed by atoms with van der Waals surface area (Å²) in [6, 6.07) is 0. The van der Waals surface area contributed by atoms with Gasteiger partial charge < -0.3 is 4.74 Å². The van der Waals surface area contributed by atoms with Gasteiger partial charge in [-0.3, -0.25) is 0 Å². The lowest BCUT2D eigenvalue weighted by Gasteiger charge is -2.13. The van der Waals surface area contributed by atoms with Crippen LogP contribution in [0.3, 0.4) is 0 Å². The number of alkyl halides is 1. The molecule has 4 nitrogen and oxygen atoms in total. The zero-order valence-electron chi connectivity index (χ0n) is 10.3. The Bertz CT molecular complexity index is 302. The van der Waals surface area contributed by atoms with Crippen LogP contribution in [0.25, 0.3) is 0 Å². The molecule has 0 aliphatic heterocycles. The highest BCUT2D eigenvalue weighted by atomic mass is 35.5. The molecule has 1 rings (SSSR count). The van der Waals surface area contributed by atoms with E-state index in [1.165, 1.54) is 12.8 Å². The van der Waals surface area contributed by atoms with Gasteiger partial charge in [0.25, 0.3) is 0 Å². The summed E-state index contributed by atoms with van der Waals surface area (Å²) in [6.45, 7) is 2.63. The Morgan fingerprint density at radius 1 is 1.41 bits per heavy atom.